The van der Waals surface area contributed by atoms with Crippen LogP contribution in [-0.4, -0.2) is 12.4 Å². The molecule has 0 heterocycles. The van der Waals surface area contributed by atoms with Crippen LogP contribution in [0.25, 0.3) is 0 Å². The Kier molecular flexibility index (Phi) is 4.33. The molecule has 0 bridgehead atoms. The smallest absolute Gasteiger partial charge is 0.170 e. The predicted octanol–water partition coefficient (Wildman–Crippen LogP) is 4.80. The van der Waals surface area contributed by atoms with E-state index in [1.807, 2.05) is 0 Å². The van der Waals surface area contributed by atoms with Crippen LogP contribution in [0.1, 0.15) is 34.1 Å². The van der Waals surface area contributed by atoms with E-state index in [4.69, 9.17) is 0 Å². The molecule has 0 rings (SSSR count). The Morgan fingerprint density at radius 1 is 0.812 bits per heavy atom. The van der Waals surface area contributed by atoms with Crippen LogP contribution in [0.5, 0.6) is 0 Å². The van der Waals surface area contributed by atoms with Gasteiger partial charge in [-0.25, -0.2) is 0 Å². The van der Waals surface area contributed by atoms with Crippen molar-refractivity contribution in [3.8, 4) is 0 Å². The summed E-state index contributed by atoms with van der Waals surface area (Å²) in [6.45, 7) is 4.85. The van der Waals surface area contributed by atoms with Crippen LogP contribution in [0.3, 0.4) is 0 Å². The highest BCUT2D eigenvalue weighted by atomic mass is 19.4. The molecular formula is C10H16F6. The molecule has 0 aliphatic heterocycles. The zero-order valence-electron chi connectivity index (χ0n) is 9.63. The first-order valence-electron chi connectivity index (χ1n) is 4.96. The Bertz CT molecular complexity index is 210. The van der Waals surface area contributed by atoms with E-state index in [0.717, 1.165) is 0 Å². The summed E-state index contributed by atoms with van der Waals surface area (Å²) in [5.74, 6) is -0.864. The Morgan fingerprint density at radius 3 is 1.31 bits per heavy atom. The molecule has 6 heteroatoms. The lowest BCUT2D eigenvalue weighted by molar-refractivity contribution is -0.339. The first kappa shape index (κ1) is 15.6. The second kappa shape index (κ2) is 4.45. The minimum atomic E-state index is -5.27. The minimum absolute atomic E-state index is 0.218. The molecule has 0 N–H and O–H groups in total. The molecule has 0 aromatic rings. The van der Waals surface area contributed by atoms with Crippen LogP contribution in [0.15, 0.2) is 0 Å². The zero-order chi connectivity index (χ0) is 13.4. The van der Waals surface area contributed by atoms with Crippen molar-refractivity contribution >= 4 is 0 Å². The molecular weight excluding hydrogens is 234 g/mol. The molecule has 0 unspecified atom stereocenters. The van der Waals surface area contributed by atoms with Gasteiger partial charge in [-0.2, -0.15) is 26.3 Å². The number of halogens is 6. The van der Waals surface area contributed by atoms with Gasteiger partial charge in [0.25, 0.3) is 0 Å². The molecule has 0 fully saturated rings. The Labute approximate surface area is 91.0 Å². The van der Waals surface area contributed by atoms with Gasteiger partial charge in [-0.05, 0) is 25.2 Å². The van der Waals surface area contributed by atoms with Crippen molar-refractivity contribution in [2.75, 3.05) is 0 Å². The fourth-order valence-corrected chi connectivity index (χ4v) is 1.27. The van der Waals surface area contributed by atoms with Gasteiger partial charge in [0.1, 0.15) is 0 Å². The lowest BCUT2D eigenvalue weighted by Gasteiger charge is -2.36. The molecule has 0 aliphatic rings. The summed E-state index contributed by atoms with van der Waals surface area (Å²) >= 11 is 0. The number of rotatable bonds is 3. The maximum atomic E-state index is 12.5. The van der Waals surface area contributed by atoms with Crippen LogP contribution >= 0.6 is 0 Å². The molecule has 0 saturated carbocycles. The molecule has 98 valence electrons. The van der Waals surface area contributed by atoms with Crippen LogP contribution < -0.4 is 0 Å². The highest BCUT2D eigenvalue weighted by molar-refractivity contribution is 4.90. The first-order chi connectivity index (χ1) is 6.83. The molecule has 0 aromatic carbocycles. The average Bonchev–Trinajstić information content (AvgIpc) is 1.99. The number of alkyl halides is 6. The quantitative estimate of drug-likeness (QED) is 0.631. The van der Waals surface area contributed by atoms with E-state index >= 15 is 0 Å². The molecule has 0 aromatic heterocycles. The third kappa shape index (κ3) is 3.04. The highest BCUT2D eigenvalue weighted by Crippen LogP contribution is 2.54. The summed E-state index contributed by atoms with van der Waals surface area (Å²) in [5, 5.41) is 0. The molecule has 0 spiro atoms. The van der Waals surface area contributed by atoms with Crippen molar-refractivity contribution in [1.82, 2.24) is 0 Å². The third-order valence-electron chi connectivity index (χ3n) is 3.12. The van der Waals surface area contributed by atoms with Crippen molar-refractivity contribution in [3.63, 3.8) is 0 Å². The van der Waals surface area contributed by atoms with Crippen LogP contribution in [0.2, 0.25) is 0 Å². The molecule has 0 radical (unpaired) electrons. The summed E-state index contributed by atoms with van der Waals surface area (Å²) in [6, 6.07) is 0. The van der Waals surface area contributed by atoms with E-state index in [0.29, 0.717) is 0 Å². The van der Waals surface area contributed by atoms with Crippen LogP contribution in [-0.2, 0) is 0 Å². The van der Waals surface area contributed by atoms with Gasteiger partial charge in [0, 0.05) is 0 Å². The van der Waals surface area contributed by atoms with Gasteiger partial charge in [-0.1, -0.05) is 20.8 Å². The van der Waals surface area contributed by atoms with E-state index in [-0.39, 0.29) is 12.8 Å². The van der Waals surface area contributed by atoms with E-state index in [1.165, 1.54) is 6.92 Å². The second-order valence-corrected chi connectivity index (χ2v) is 4.75. The van der Waals surface area contributed by atoms with Gasteiger partial charge >= 0.3 is 12.4 Å². The Hall–Kier alpha value is -0.420. The fraction of sp³-hybridized carbons (Fsp3) is 1.00. The van der Waals surface area contributed by atoms with Crippen molar-refractivity contribution in [2.24, 2.45) is 17.3 Å². The normalized spacial score (nSPS) is 16.7. The number of hydrogen-bond donors (Lipinski definition) is 0. The Balaban J connectivity index is 5.14. The molecule has 0 aliphatic carbocycles. The maximum absolute atomic E-state index is 12.5. The monoisotopic (exact) mass is 250 g/mol. The van der Waals surface area contributed by atoms with Crippen LogP contribution in [0, 0.1) is 17.3 Å². The van der Waals surface area contributed by atoms with Gasteiger partial charge < -0.3 is 0 Å². The van der Waals surface area contributed by atoms with E-state index in [1.54, 1.807) is 13.8 Å². The van der Waals surface area contributed by atoms with E-state index in [9.17, 15) is 26.3 Å². The summed E-state index contributed by atoms with van der Waals surface area (Å²) in [4.78, 5) is 0. The molecule has 0 nitrogen and oxygen atoms in total. The number of hydrogen-bond acceptors (Lipinski definition) is 0. The van der Waals surface area contributed by atoms with Gasteiger partial charge in [-0.3, -0.25) is 0 Å². The Morgan fingerprint density at radius 2 is 1.12 bits per heavy atom. The minimum Gasteiger partial charge on any atom is -0.170 e. The standard InChI is InChI=1S/C10H16F6/c1-6(2)7(3)5-8(4,9(11,12)13)10(14,15)16/h6-7H,5H2,1-4H3/t7-/m1/s1. The summed E-state index contributed by atoms with van der Waals surface area (Å²) in [5.41, 5.74) is -3.62. The van der Waals surface area contributed by atoms with Gasteiger partial charge in [0.15, 0.2) is 5.41 Å². The fourth-order valence-electron chi connectivity index (χ4n) is 1.27. The van der Waals surface area contributed by atoms with Gasteiger partial charge in [-0.15, -0.1) is 0 Å². The highest BCUT2D eigenvalue weighted by Gasteiger charge is 2.67. The lowest BCUT2D eigenvalue weighted by Crippen LogP contribution is -2.49. The molecule has 0 saturated heterocycles. The van der Waals surface area contributed by atoms with Gasteiger partial charge in [0.05, 0.1) is 0 Å². The lowest BCUT2D eigenvalue weighted by atomic mass is 9.76. The van der Waals surface area contributed by atoms with Crippen molar-refractivity contribution in [2.45, 2.75) is 46.5 Å². The third-order valence-corrected chi connectivity index (χ3v) is 3.12. The van der Waals surface area contributed by atoms with Crippen molar-refractivity contribution < 1.29 is 26.3 Å². The first-order valence-corrected chi connectivity index (χ1v) is 4.96. The summed E-state index contributed by atoms with van der Waals surface area (Å²) in [7, 11) is 0. The van der Waals surface area contributed by atoms with Gasteiger partial charge in [0.2, 0.25) is 0 Å². The molecule has 1 atom stereocenters. The van der Waals surface area contributed by atoms with Crippen LogP contribution in [0.4, 0.5) is 26.3 Å². The summed E-state index contributed by atoms with van der Waals surface area (Å²) in [6.07, 6.45) is -11.5. The largest absolute Gasteiger partial charge is 0.402 e. The van der Waals surface area contributed by atoms with E-state index in [2.05, 4.69) is 0 Å². The SMILES string of the molecule is CC(C)[C@H](C)CC(C)(C(F)(F)F)C(F)(F)F. The van der Waals surface area contributed by atoms with Crippen molar-refractivity contribution in [3.05, 3.63) is 0 Å². The molecule has 16 heavy (non-hydrogen) atoms. The van der Waals surface area contributed by atoms with Crippen molar-refractivity contribution in [1.29, 1.82) is 0 Å². The zero-order valence-corrected chi connectivity index (χ0v) is 9.63. The topological polar surface area (TPSA) is 0 Å². The predicted molar refractivity (Wildman–Crippen MR) is 48.8 cm³/mol. The second-order valence-electron chi connectivity index (χ2n) is 4.75. The maximum Gasteiger partial charge on any atom is 0.402 e. The summed E-state index contributed by atoms with van der Waals surface area (Å²) < 4.78 is 75.0. The average molecular weight is 250 g/mol. The van der Waals surface area contributed by atoms with E-state index < -0.39 is 30.1 Å². The molecule has 0 amide bonds.